The zero-order chi connectivity index (χ0) is 25.8. The first kappa shape index (κ1) is 25.0. The molecule has 0 fully saturated rings. The molecule has 2 aromatic carbocycles. The largest absolute Gasteiger partial charge is 0.496 e. The lowest BCUT2D eigenvalue weighted by molar-refractivity contribution is 0.102. The van der Waals surface area contributed by atoms with Gasteiger partial charge in [0, 0.05) is 36.0 Å². The number of aromatic nitrogens is 3. The third-order valence-corrected chi connectivity index (χ3v) is 6.09. The number of halogens is 2. The van der Waals surface area contributed by atoms with Gasteiger partial charge in [0.1, 0.15) is 12.4 Å². The highest BCUT2D eigenvalue weighted by Gasteiger charge is 2.20. The fourth-order valence-corrected chi connectivity index (χ4v) is 4.04. The number of rotatable bonds is 8. The smallest absolute Gasteiger partial charge is 0.296 e. The number of carbonyl (C=O) groups excluding carboxylic acids is 1. The van der Waals surface area contributed by atoms with Crippen molar-refractivity contribution in [2.24, 2.45) is 7.05 Å². The second-order valence-corrected chi connectivity index (χ2v) is 8.85. The average Bonchev–Trinajstić information content (AvgIpc) is 3.31. The van der Waals surface area contributed by atoms with Crippen LogP contribution in [0.1, 0.15) is 33.5 Å². The molecule has 0 spiro atoms. The van der Waals surface area contributed by atoms with E-state index in [-0.39, 0.29) is 33.6 Å². The summed E-state index contributed by atoms with van der Waals surface area (Å²) in [7, 11) is 3.14. The van der Waals surface area contributed by atoms with Crippen molar-refractivity contribution in [1.82, 2.24) is 14.8 Å². The van der Waals surface area contributed by atoms with Crippen LogP contribution in [0.2, 0.25) is 0 Å². The molecule has 186 valence electrons. The Kier molecular flexibility index (Phi) is 7.39. The maximum Gasteiger partial charge on any atom is 0.296 e. The Balaban J connectivity index is 1.53. The van der Waals surface area contributed by atoms with Crippen LogP contribution in [0.4, 0.5) is 13.9 Å². The van der Waals surface area contributed by atoms with E-state index in [1.807, 2.05) is 19.1 Å². The van der Waals surface area contributed by atoms with Gasteiger partial charge in [-0.25, -0.2) is 8.78 Å². The van der Waals surface area contributed by atoms with E-state index in [1.165, 1.54) is 29.9 Å². The van der Waals surface area contributed by atoms with Crippen molar-refractivity contribution < 1.29 is 23.0 Å². The quantitative estimate of drug-likeness (QED) is 0.357. The molecule has 0 saturated heterocycles. The fraction of sp³-hybridized carbons (Fsp3) is 0.200. The van der Waals surface area contributed by atoms with Gasteiger partial charge in [0.25, 0.3) is 23.1 Å². The van der Waals surface area contributed by atoms with Crippen LogP contribution in [0.15, 0.2) is 59.5 Å². The molecule has 0 atom stereocenters. The lowest BCUT2D eigenvalue weighted by atomic mass is 9.98. The van der Waals surface area contributed by atoms with Crippen molar-refractivity contribution in [2.75, 3.05) is 12.4 Å². The first-order chi connectivity index (χ1) is 17.2. The van der Waals surface area contributed by atoms with Crippen LogP contribution in [-0.2, 0) is 13.7 Å². The maximum atomic E-state index is 13.2. The van der Waals surface area contributed by atoms with Gasteiger partial charge in [-0.3, -0.25) is 14.9 Å². The molecule has 4 rings (SSSR count). The van der Waals surface area contributed by atoms with Gasteiger partial charge in [0.2, 0.25) is 5.13 Å². The van der Waals surface area contributed by atoms with Gasteiger partial charge >= 0.3 is 0 Å². The Morgan fingerprint density at radius 2 is 1.86 bits per heavy atom. The molecule has 4 aromatic rings. The third kappa shape index (κ3) is 5.57. The topological polar surface area (TPSA) is 95.3 Å². The molecule has 0 radical (unpaired) electrons. The van der Waals surface area contributed by atoms with Gasteiger partial charge in [-0.1, -0.05) is 41.0 Å². The number of pyridine rings is 1. The number of nitrogens with one attached hydrogen (secondary N) is 1. The summed E-state index contributed by atoms with van der Waals surface area (Å²) >= 11 is 0.998. The van der Waals surface area contributed by atoms with Crippen molar-refractivity contribution in [1.29, 1.82) is 0 Å². The van der Waals surface area contributed by atoms with Crippen LogP contribution >= 0.6 is 11.3 Å². The number of hydrogen-bond donors (Lipinski definition) is 1. The first-order valence-corrected chi connectivity index (χ1v) is 11.6. The number of nitrogens with zero attached hydrogens (tertiary/aromatic N) is 3. The molecular weight excluding hydrogens is 490 g/mol. The van der Waals surface area contributed by atoms with Gasteiger partial charge in [0.15, 0.2) is 0 Å². The predicted molar refractivity (Wildman–Crippen MR) is 132 cm³/mol. The number of alkyl halides is 2. The molecule has 0 aliphatic carbocycles. The summed E-state index contributed by atoms with van der Waals surface area (Å²) in [5.41, 5.74) is 2.55. The van der Waals surface area contributed by atoms with Crippen LogP contribution in [0.25, 0.3) is 11.1 Å². The Morgan fingerprint density at radius 1 is 1.11 bits per heavy atom. The molecule has 36 heavy (non-hydrogen) atoms. The van der Waals surface area contributed by atoms with Crippen molar-refractivity contribution in [3.05, 3.63) is 87.3 Å². The van der Waals surface area contributed by atoms with Crippen LogP contribution in [0, 0.1) is 6.92 Å². The zero-order valence-electron chi connectivity index (χ0n) is 19.6. The van der Waals surface area contributed by atoms with Crippen molar-refractivity contribution >= 4 is 22.4 Å². The normalized spacial score (nSPS) is 10.9. The van der Waals surface area contributed by atoms with E-state index in [4.69, 9.17) is 9.47 Å². The molecule has 0 unspecified atom stereocenters. The zero-order valence-corrected chi connectivity index (χ0v) is 20.4. The number of benzene rings is 2. The van der Waals surface area contributed by atoms with Gasteiger partial charge < -0.3 is 14.0 Å². The van der Waals surface area contributed by atoms with Crippen molar-refractivity contribution in [3.63, 3.8) is 0 Å². The number of methoxy groups -OCH3 is 1. The van der Waals surface area contributed by atoms with E-state index >= 15 is 0 Å². The number of anilines is 1. The summed E-state index contributed by atoms with van der Waals surface area (Å²) < 4.78 is 37.8. The van der Waals surface area contributed by atoms with E-state index < -0.39 is 12.3 Å². The maximum absolute atomic E-state index is 13.2. The summed E-state index contributed by atoms with van der Waals surface area (Å²) in [5, 5.41) is 10.8. The average molecular weight is 513 g/mol. The van der Waals surface area contributed by atoms with E-state index in [9.17, 15) is 18.4 Å². The SMILES string of the molecule is COc1ccc(C)cc1-c1cn(C)c(=O)cc1C(=O)Nc1nnc(OCc2ccc(C(F)F)cc2)s1. The highest BCUT2D eigenvalue weighted by Crippen LogP contribution is 2.33. The van der Waals surface area contributed by atoms with Crippen LogP contribution < -0.4 is 20.3 Å². The minimum Gasteiger partial charge on any atom is -0.496 e. The molecule has 2 heterocycles. The molecule has 1 amide bonds. The molecular formula is C25H22F2N4O4S. The summed E-state index contributed by atoms with van der Waals surface area (Å²) in [6, 6.07) is 12.6. The molecule has 0 aliphatic rings. The Bertz CT molecular complexity index is 1450. The summed E-state index contributed by atoms with van der Waals surface area (Å²) in [6.45, 7) is 2.01. The van der Waals surface area contributed by atoms with Crippen LogP contribution in [-0.4, -0.2) is 27.8 Å². The van der Waals surface area contributed by atoms with E-state index in [0.29, 0.717) is 22.4 Å². The van der Waals surface area contributed by atoms with E-state index in [1.54, 1.807) is 31.4 Å². The Morgan fingerprint density at radius 3 is 2.56 bits per heavy atom. The number of aryl methyl sites for hydroxylation is 2. The second kappa shape index (κ2) is 10.6. The minimum absolute atomic E-state index is 0.0712. The van der Waals surface area contributed by atoms with Gasteiger partial charge in [-0.15, -0.1) is 5.10 Å². The van der Waals surface area contributed by atoms with Crippen LogP contribution in [0.3, 0.4) is 0 Å². The van der Waals surface area contributed by atoms with Gasteiger partial charge in [-0.05, 0) is 36.0 Å². The Labute approximate surface area is 209 Å². The highest BCUT2D eigenvalue weighted by atomic mass is 32.1. The Hall–Kier alpha value is -4.12. The lowest BCUT2D eigenvalue weighted by Crippen LogP contribution is -2.21. The standard InChI is InChI=1S/C25H22F2N4O4S/c1-14-4-9-20(34-3)17(10-14)19-12-31(2)21(32)11-18(19)23(33)28-24-29-30-25(36-24)35-13-15-5-7-16(8-6-15)22(26)27/h4-12,22H,13H2,1-3H3,(H,28,29,33). The molecule has 1 N–H and O–H groups in total. The van der Waals surface area contributed by atoms with Crippen LogP contribution in [0.5, 0.6) is 10.9 Å². The molecule has 2 aromatic heterocycles. The number of amides is 1. The van der Waals surface area contributed by atoms with Gasteiger partial charge in [0.05, 0.1) is 12.7 Å². The fourth-order valence-electron chi connectivity index (χ4n) is 3.45. The molecule has 0 saturated carbocycles. The monoisotopic (exact) mass is 512 g/mol. The molecule has 0 bridgehead atoms. The van der Waals surface area contributed by atoms with Gasteiger partial charge in [-0.2, -0.15) is 0 Å². The highest BCUT2D eigenvalue weighted by molar-refractivity contribution is 7.17. The van der Waals surface area contributed by atoms with Crippen molar-refractivity contribution in [3.8, 4) is 22.1 Å². The summed E-state index contributed by atoms with van der Waals surface area (Å²) in [5.74, 6) is 0.0121. The molecule has 11 heteroatoms. The minimum atomic E-state index is -2.54. The van der Waals surface area contributed by atoms with Crippen molar-refractivity contribution in [2.45, 2.75) is 20.0 Å². The van der Waals surface area contributed by atoms with E-state index in [0.717, 1.165) is 16.9 Å². The molecule has 8 nitrogen and oxygen atoms in total. The second-order valence-electron chi connectivity index (χ2n) is 7.91. The first-order valence-electron chi connectivity index (χ1n) is 10.8. The third-order valence-electron chi connectivity index (χ3n) is 5.34. The van der Waals surface area contributed by atoms with E-state index in [2.05, 4.69) is 15.5 Å². The summed E-state index contributed by atoms with van der Waals surface area (Å²) in [4.78, 5) is 25.5. The number of ether oxygens (including phenoxy) is 2. The number of carbonyl (C=O) groups is 1. The predicted octanol–water partition coefficient (Wildman–Crippen LogP) is 4.99. The molecule has 0 aliphatic heterocycles. The summed E-state index contributed by atoms with van der Waals surface area (Å²) in [6.07, 6.45) is -0.950. The number of hydrogen-bond acceptors (Lipinski definition) is 7. The lowest BCUT2D eigenvalue weighted by Gasteiger charge is -2.14.